The summed E-state index contributed by atoms with van der Waals surface area (Å²) in [7, 11) is 0. The number of nitriles is 1. The van der Waals surface area contributed by atoms with E-state index in [1.165, 1.54) is 5.01 Å². The summed E-state index contributed by atoms with van der Waals surface area (Å²) in [5, 5.41) is 26.4. The molecule has 7 nitrogen and oxygen atoms in total. The molecule has 1 aliphatic carbocycles. The van der Waals surface area contributed by atoms with Crippen LogP contribution in [0.3, 0.4) is 0 Å². The van der Waals surface area contributed by atoms with Crippen molar-refractivity contribution in [2.24, 2.45) is 16.9 Å². The van der Waals surface area contributed by atoms with Gasteiger partial charge in [-0.05, 0) is 50.5 Å². The lowest BCUT2D eigenvalue weighted by molar-refractivity contribution is -0.134. The molecule has 0 aromatic heterocycles. The van der Waals surface area contributed by atoms with Crippen LogP contribution in [0.25, 0.3) is 0 Å². The smallest absolute Gasteiger partial charge is 0.246 e. The van der Waals surface area contributed by atoms with Gasteiger partial charge in [-0.25, -0.2) is 5.01 Å². The summed E-state index contributed by atoms with van der Waals surface area (Å²) in [6.45, 7) is 4.07. The molecule has 0 unspecified atom stereocenters. The van der Waals surface area contributed by atoms with Crippen LogP contribution in [0.5, 0.6) is 5.75 Å². The second-order valence-corrected chi connectivity index (χ2v) is 9.14. The van der Waals surface area contributed by atoms with E-state index in [9.17, 15) is 15.2 Å². The zero-order chi connectivity index (χ0) is 22.5. The molecule has 2 heterocycles. The van der Waals surface area contributed by atoms with Crippen LogP contribution in [0.15, 0.2) is 53.6 Å². The van der Waals surface area contributed by atoms with E-state index in [0.717, 1.165) is 5.56 Å². The Labute approximate surface area is 186 Å². The van der Waals surface area contributed by atoms with Crippen molar-refractivity contribution >= 4 is 11.8 Å². The molecule has 3 aliphatic rings. The summed E-state index contributed by atoms with van der Waals surface area (Å²) in [5.74, 6) is 0.894. The highest BCUT2D eigenvalue weighted by Gasteiger charge is 2.54. The van der Waals surface area contributed by atoms with E-state index in [2.05, 4.69) is 11.2 Å². The van der Waals surface area contributed by atoms with E-state index in [-0.39, 0.29) is 17.7 Å². The Kier molecular flexibility index (Phi) is 4.90. The lowest BCUT2D eigenvalue weighted by Crippen LogP contribution is -2.50. The average Bonchev–Trinajstić information content (AvgIpc) is 3.59. The topological polar surface area (TPSA) is 95.2 Å². The average molecular weight is 431 g/mol. The maximum absolute atomic E-state index is 12.7. The summed E-state index contributed by atoms with van der Waals surface area (Å²) in [4.78, 5) is 12.7. The Morgan fingerprint density at radius 1 is 1.25 bits per heavy atom. The minimum Gasteiger partial charge on any atom is -0.485 e. The van der Waals surface area contributed by atoms with Gasteiger partial charge in [0.05, 0.1) is 17.6 Å². The number of hydrazone groups is 1. The number of carbonyl (C=O) groups excluding carboxylic acids is 1. The number of ether oxygens (including phenoxy) is 2. The van der Waals surface area contributed by atoms with Gasteiger partial charge >= 0.3 is 0 Å². The predicted molar refractivity (Wildman–Crippen MR) is 117 cm³/mol. The minimum absolute atomic E-state index is 0.0262. The normalized spacial score (nSPS) is 27.4. The van der Waals surface area contributed by atoms with E-state index >= 15 is 0 Å². The van der Waals surface area contributed by atoms with Crippen LogP contribution in [-0.2, 0) is 16.0 Å². The lowest BCUT2D eigenvalue weighted by Gasteiger charge is -2.42. The maximum atomic E-state index is 12.7. The van der Waals surface area contributed by atoms with Gasteiger partial charge in [-0.2, -0.15) is 5.26 Å². The van der Waals surface area contributed by atoms with Gasteiger partial charge in [0.25, 0.3) is 0 Å². The quantitative estimate of drug-likeness (QED) is 0.802. The first-order valence-corrected chi connectivity index (χ1v) is 10.9. The standard InChI is InChI=1S/C25H25N3O4/c1-25(2)22(29)21(19-12-16(14-26)8-9-20(19)32-25)31-23-17-13-18(17)24(30)28(27-23)11-10-15-6-4-3-5-7-15/h3-9,12,17-18,21-22,29H,10-11,13H2,1-2H3/t17-,18+,21+,22-/m0/s1. The van der Waals surface area contributed by atoms with Crippen LogP contribution >= 0.6 is 0 Å². The van der Waals surface area contributed by atoms with E-state index in [0.29, 0.717) is 42.2 Å². The molecule has 0 radical (unpaired) electrons. The molecule has 2 aromatic rings. The SMILES string of the molecule is CC1(C)Oc2ccc(C#N)cc2[C@@H](OC2=NN(CCc3ccccc3)C(=O)[C@@H]3C[C@H]23)[C@@H]1O. The summed E-state index contributed by atoms with van der Waals surface area (Å²) in [6, 6.07) is 17.2. The number of rotatable bonds is 4. The number of aliphatic hydroxyl groups is 1. The van der Waals surface area contributed by atoms with E-state index < -0.39 is 17.8 Å². The molecule has 2 aromatic carbocycles. The zero-order valence-corrected chi connectivity index (χ0v) is 18.1. The third kappa shape index (κ3) is 3.61. The molecule has 2 aliphatic heterocycles. The predicted octanol–water partition coefficient (Wildman–Crippen LogP) is 3.18. The van der Waals surface area contributed by atoms with Gasteiger partial charge in [-0.1, -0.05) is 30.3 Å². The van der Waals surface area contributed by atoms with Crippen LogP contribution in [0, 0.1) is 23.2 Å². The molecule has 4 atom stereocenters. The second kappa shape index (κ2) is 7.64. The first-order valence-electron chi connectivity index (χ1n) is 10.9. The number of hydrogen-bond acceptors (Lipinski definition) is 6. The molecule has 1 fully saturated rings. The van der Waals surface area contributed by atoms with Gasteiger partial charge in [0.15, 0.2) is 6.10 Å². The monoisotopic (exact) mass is 431 g/mol. The largest absolute Gasteiger partial charge is 0.485 e. The fraction of sp³-hybridized carbons (Fsp3) is 0.400. The van der Waals surface area contributed by atoms with Crippen molar-refractivity contribution in [2.75, 3.05) is 6.54 Å². The van der Waals surface area contributed by atoms with Crippen molar-refractivity contribution in [1.29, 1.82) is 5.26 Å². The van der Waals surface area contributed by atoms with Crippen LogP contribution in [0.4, 0.5) is 0 Å². The van der Waals surface area contributed by atoms with Gasteiger partial charge in [0.2, 0.25) is 11.8 Å². The summed E-state index contributed by atoms with van der Waals surface area (Å²) in [5.41, 5.74) is 1.33. The molecule has 1 N–H and O–H groups in total. The Morgan fingerprint density at radius 3 is 2.78 bits per heavy atom. The van der Waals surface area contributed by atoms with Gasteiger partial charge in [0.1, 0.15) is 17.5 Å². The number of fused-ring (bicyclic) bond motifs is 2. The van der Waals surface area contributed by atoms with Crippen molar-refractivity contribution in [1.82, 2.24) is 5.01 Å². The molecule has 1 amide bonds. The Hall–Kier alpha value is -3.37. The van der Waals surface area contributed by atoms with E-state index in [4.69, 9.17) is 9.47 Å². The molecular weight excluding hydrogens is 406 g/mol. The van der Waals surface area contributed by atoms with Crippen molar-refractivity contribution in [2.45, 2.75) is 44.5 Å². The molecule has 0 bridgehead atoms. The Bertz CT molecular complexity index is 1120. The third-order valence-corrected chi connectivity index (χ3v) is 6.42. The van der Waals surface area contributed by atoms with Crippen LogP contribution in [0.1, 0.15) is 43.1 Å². The van der Waals surface area contributed by atoms with Crippen LogP contribution in [-0.4, -0.2) is 40.2 Å². The highest BCUT2D eigenvalue weighted by Crippen LogP contribution is 2.48. The van der Waals surface area contributed by atoms with Crippen molar-refractivity contribution in [3.8, 4) is 11.8 Å². The lowest BCUT2D eigenvalue weighted by atomic mass is 9.87. The minimum atomic E-state index is -0.973. The summed E-state index contributed by atoms with van der Waals surface area (Å²) >= 11 is 0. The molecule has 5 rings (SSSR count). The van der Waals surface area contributed by atoms with Crippen molar-refractivity contribution in [3.63, 3.8) is 0 Å². The summed E-state index contributed by atoms with van der Waals surface area (Å²) in [6.07, 6.45) is -0.319. The zero-order valence-electron chi connectivity index (χ0n) is 18.1. The molecule has 7 heteroatoms. The molecule has 1 saturated carbocycles. The van der Waals surface area contributed by atoms with Gasteiger partial charge < -0.3 is 14.6 Å². The van der Waals surface area contributed by atoms with Crippen LogP contribution < -0.4 is 4.74 Å². The van der Waals surface area contributed by atoms with Crippen molar-refractivity contribution in [3.05, 3.63) is 65.2 Å². The van der Waals surface area contributed by atoms with E-state index in [1.54, 1.807) is 32.0 Å². The fourth-order valence-electron chi connectivity index (χ4n) is 4.40. The first kappa shape index (κ1) is 20.5. The number of amides is 1. The van der Waals surface area contributed by atoms with Crippen molar-refractivity contribution < 1.29 is 19.4 Å². The summed E-state index contributed by atoms with van der Waals surface area (Å²) < 4.78 is 12.3. The molecular formula is C25H25N3O4. The molecule has 164 valence electrons. The van der Waals surface area contributed by atoms with Gasteiger partial charge in [0, 0.05) is 18.0 Å². The number of hydrogen-bond donors (Lipinski definition) is 1. The number of carbonyl (C=O) groups is 1. The molecule has 0 saturated heterocycles. The molecule has 32 heavy (non-hydrogen) atoms. The second-order valence-electron chi connectivity index (χ2n) is 9.14. The number of aliphatic hydroxyl groups excluding tert-OH is 1. The third-order valence-electron chi connectivity index (χ3n) is 6.42. The Balaban J connectivity index is 1.42. The van der Waals surface area contributed by atoms with Crippen LogP contribution in [0.2, 0.25) is 0 Å². The van der Waals surface area contributed by atoms with Gasteiger partial charge in [-0.15, -0.1) is 5.10 Å². The number of nitrogens with zero attached hydrogens (tertiary/aromatic N) is 3. The first-order chi connectivity index (χ1) is 15.4. The number of benzene rings is 2. The van der Waals surface area contributed by atoms with Gasteiger partial charge in [-0.3, -0.25) is 4.79 Å². The fourth-order valence-corrected chi connectivity index (χ4v) is 4.40. The molecule has 0 spiro atoms. The highest BCUT2D eigenvalue weighted by molar-refractivity contribution is 5.96. The maximum Gasteiger partial charge on any atom is 0.246 e. The Morgan fingerprint density at radius 2 is 2.03 bits per heavy atom. The van der Waals surface area contributed by atoms with E-state index in [1.807, 2.05) is 30.3 Å². The highest BCUT2D eigenvalue weighted by atomic mass is 16.5.